The van der Waals surface area contributed by atoms with E-state index in [0.29, 0.717) is 17.5 Å². The lowest BCUT2D eigenvalue weighted by molar-refractivity contribution is 1.08. The first kappa shape index (κ1) is 38.5. The predicted molar refractivity (Wildman–Crippen MR) is 287 cm³/mol. The maximum absolute atomic E-state index is 5.39. The minimum Gasteiger partial charge on any atom is -0.309 e. The molecular formula is C63H38N4S. The van der Waals surface area contributed by atoms with E-state index in [1.165, 1.54) is 52.8 Å². The normalized spacial score (nSPS) is 11.8. The highest BCUT2D eigenvalue weighted by atomic mass is 32.1. The Morgan fingerprint density at radius 3 is 1.59 bits per heavy atom. The summed E-state index contributed by atoms with van der Waals surface area (Å²) in [4.78, 5) is 16.1. The van der Waals surface area contributed by atoms with Crippen molar-refractivity contribution in [2.45, 2.75) is 0 Å². The zero-order valence-electron chi connectivity index (χ0n) is 36.6. The largest absolute Gasteiger partial charge is 0.309 e. The van der Waals surface area contributed by atoms with Gasteiger partial charge >= 0.3 is 0 Å². The van der Waals surface area contributed by atoms with Gasteiger partial charge in [0.05, 0.1) is 16.7 Å². The molecule has 14 rings (SSSR count). The van der Waals surface area contributed by atoms with Gasteiger partial charge in [-0.1, -0.05) is 182 Å². The summed E-state index contributed by atoms with van der Waals surface area (Å²) in [6.07, 6.45) is 0. The predicted octanol–water partition coefficient (Wildman–Crippen LogP) is 17.1. The lowest BCUT2D eigenvalue weighted by atomic mass is 9.98. The third-order valence-corrected chi connectivity index (χ3v) is 14.8. The topological polar surface area (TPSA) is 43.6 Å². The highest BCUT2D eigenvalue weighted by molar-refractivity contribution is 7.25. The zero-order valence-corrected chi connectivity index (χ0v) is 37.5. The van der Waals surface area contributed by atoms with Crippen LogP contribution in [-0.2, 0) is 0 Å². The second kappa shape index (κ2) is 15.4. The van der Waals surface area contributed by atoms with Crippen molar-refractivity contribution in [1.82, 2.24) is 19.5 Å². The fourth-order valence-electron chi connectivity index (χ4n) is 10.5. The quantitative estimate of drug-likeness (QED) is 0.167. The molecule has 316 valence electrons. The molecule has 0 bridgehead atoms. The summed E-state index contributed by atoms with van der Waals surface area (Å²) in [5, 5.41) is 11.9. The van der Waals surface area contributed by atoms with Crippen molar-refractivity contribution in [2.75, 3.05) is 0 Å². The first-order valence-corrected chi connectivity index (χ1v) is 23.8. The third kappa shape index (κ3) is 6.17. The molecule has 0 aliphatic carbocycles. The first-order chi connectivity index (χ1) is 33.7. The molecule has 0 spiro atoms. The van der Waals surface area contributed by atoms with Gasteiger partial charge in [0, 0.05) is 53.2 Å². The Morgan fingerprint density at radius 1 is 0.294 bits per heavy atom. The number of thiophene rings is 1. The molecule has 0 N–H and O–H groups in total. The van der Waals surface area contributed by atoms with Crippen molar-refractivity contribution in [3.63, 3.8) is 0 Å². The molecule has 68 heavy (non-hydrogen) atoms. The van der Waals surface area contributed by atoms with Gasteiger partial charge in [-0.15, -0.1) is 11.3 Å². The van der Waals surface area contributed by atoms with E-state index in [4.69, 9.17) is 15.0 Å². The number of hydrogen-bond acceptors (Lipinski definition) is 4. The van der Waals surface area contributed by atoms with Crippen LogP contribution in [0.25, 0.3) is 136 Å². The van der Waals surface area contributed by atoms with Crippen LogP contribution in [0.4, 0.5) is 0 Å². The molecule has 4 nitrogen and oxygen atoms in total. The molecule has 0 saturated heterocycles. The Labute approximate surface area is 395 Å². The van der Waals surface area contributed by atoms with Crippen LogP contribution in [0.2, 0.25) is 0 Å². The summed E-state index contributed by atoms with van der Waals surface area (Å²) in [6, 6.07) is 83.0. The van der Waals surface area contributed by atoms with Crippen molar-refractivity contribution < 1.29 is 0 Å². The van der Waals surface area contributed by atoms with Crippen LogP contribution in [0.15, 0.2) is 231 Å². The summed E-state index contributed by atoms with van der Waals surface area (Å²) >= 11 is 1.84. The lowest BCUT2D eigenvalue weighted by Crippen LogP contribution is -2.02. The lowest BCUT2D eigenvalue weighted by Gasteiger charge is -2.17. The Balaban J connectivity index is 1.07. The van der Waals surface area contributed by atoms with Crippen LogP contribution in [0, 0.1) is 0 Å². The molecule has 11 aromatic carbocycles. The van der Waals surface area contributed by atoms with Gasteiger partial charge in [-0.2, -0.15) is 0 Å². The summed E-state index contributed by atoms with van der Waals surface area (Å²) in [5.74, 6) is 1.88. The minimum absolute atomic E-state index is 0.612. The Kier molecular flexibility index (Phi) is 8.73. The summed E-state index contributed by atoms with van der Waals surface area (Å²) in [7, 11) is 0. The van der Waals surface area contributed by atoms with Gasteiger partial charge in [-0.3, -0.25) is 0 Å². The second-order valence-corrected chi connectivity index (χ2v) is 18.6. The third-order valence-electron chi connectivity index (χ3n) is 13.6. The van der Waals surface area contributed by atoms with Gasteiger partial charge in [0.1, 0.15) is 0 Å². The fourth-order valence-corrected chi connectivity index (χ4v) is 11.6. The maximum Gasteiger partial charge on any atom is 0.164 e. The molecule has 0 fully saturated rings. The van der Waals surface area contributed by atoms with E-state index in [1.54, 1.807) is 0 Å². The van der Waals surface area contributed by atoms with Gasteiger partial charge < -0.3 is 4.57 Å². The van der Waals surface area contributed by atoms with Gasteiger partial charge in [0.25, 0.3) is 0 Å². The highest BCUT2D eigenvalue weighted by Gasteiger charge is 2.22. The van der Waals surface area contributed by atoms with Crippen molar-refractivity contribution >= 4 is 85.6 Å². The molecule has 0 atom stereocenters. The van der Waals surface area contributed by atoms with Gasteiger partial charge in [0.2, 0.25) is 0 Å². The molecular weight excluding hydrogens is 845 g/mol. The minimum atomic E-state index is 0.612. The molecule has 3 aromatic heterocycles. The number of hydrogen-bond donors (Lipinski definition) is 0. The Morgan fingerprint density at radius 2 is 0.853 bits per heavy atom. The molecule has 0 unspecified atom stereocenters. The van der Waals surface area contributed by atoms with Crippen LogP contribution < -0.4 is 0 Å². The summed E-state index contributed by atoms with van der Waals surface area (Å²) in [5.41, 5.74) is 10.8. The van der Waals surface area contributed by atoms with Gasteiger partial charge in [-0.05, 0) is 97.5 Å². The molecule has 0 radical (unpaired) electrons. The number of nitrogens with zero attached hydrogens (tertiary/aromatic N) is 4. The van der Waals surface area contributed by atoms with Crippen LogP contribution in [0.3, 0.4) is 0 Å². The average molecular weight is 883 g/mol. The van der Waals surface area contributed by atoms with Crippen LogP contribution in [-0.4, -0.2) is 19.5 Å². The van der Waals surface area contributed by atoms with Crippen molar-refractivity contribution in [3.05, 3.63) is 231 Å². The number of rotatable bonds is 6. The van der Waals surface area contributed by atoms with E-state index in [-0.39, 0.29) is 0 Å². The fraction of sp³-hybridized carbons (Fsp3) is 0. The summed E-state index contributed by atoms with van der Waals surface area (Å²) < 4.78 is 5.01. The molecule has 0 aliphatic rings. The maximum atomic E-state index is 5.39. The SMILES string of the molecule is c1ccc(-c2cccc3c2c2cc4ccccc4cc2n3-c2ccc(-c3nc(-c4cccc5ccccc45)nc(-c4cccc5ccccc45)n3)cc2-c2ccc3c(c2)sc2ccccc23)cc1. The van der Waals surface area contributed by atoms with E-state index in [1.807, 2.05) is 11.3 Å². The monoisotopic (exact) mass is 882 g/mol. The van der Waals surface area contributed by atoms with Crippen molar-refractivity contribution in [1.29, 1.82) is 0 Å². The molecule has 0 saturated carbocycles. The standard InChI is InChI=1S/C63H38N4S/c1-2-15-41(16-3-1)48-26-14-29-56-60(48)54-35-42-19-4-5-20-43(42)37-57(54)67(56)55-34-32-45(36-53(55)44-31-33-50-49-25-10-11-30-58(49)68-59(50)38-44)61-64-62(51-27-12-21-39-17-6-8-23-46(39)51)66-63(65-61)52-28-13-22-40-18-7-9-24-47(40)52/h1-38H. The van der Waals surface area contributed by atoms with Gasteiger partial charge in [0.15, 0.2) is 17.5 Å². The van der Waals surface area contributed by atoms with Crippen molar-refractivity contribution in [3.8, 4) is 62.1 Å². The zero-order chi connectivity index (χ0) is 44.7. The highest BCUT2D eigenvalue weighted by Crippen LogP contribution is 2.44. The van der Waals surface area contributed by atoms with E-state index in [0.717, 1.165) is 66.1 Å². The first-order valence-electron chi connectivity index (χ1n) is 23.0. The van der Waals surface area contributed by atoms with Crippen LogP contribution >= 0.6 is 11.3 Å². The number of benzene rings is 11. The average Bonchev–Trinajstić information content (AvgIpc) is 3.94. The number of fused-ring (bicyclic) bond motifs is 9. The van der Waals surface area contributed by atoms with E-state index in [2.05, 4.69) is 235 Å². The summed E-state index contributed by atoms with van der Waals surface area (Å²) in [6.45, 7) is 0. The molecule has 3 heterocycles. The molecule has 5 heteroatoms. The second-order valence-electron chi connectivity index (χ2n) is 17.5. The Bertz CT molecular complexity index is 4230. The molecule has 14 aromatic rings. The smallest absolute Gasteiger partial charge is 0.164 e. The molecule has 0 amide bonds. The number of aromatic nitrogens is 4. The van der Waals surface area contributed by atoms with Crippen molar-refractivity contribution in [2.24, 2.45) is 0 Å². The van der Waals surface area contributed by atoms with Crippen LogP contribution in [0.1, 0.15) is 0 Å². The van der Waals surface area contributed by atoms with Gasteiger partial charge in [-0.25, -0.2) is 15.0 Å². The van der Waals surface area contributed by atoms with E-state index >= 15 is 0 Å². The van der Waals surface area contributed by atoms with E-state index < -0.39 is 0 Å². The Hall–Kier alpha value is -8.77. The molecule has 0 aliphatic heterocycles. The van der Waals surface area contributed by atoms with E-state index in [9.17, 15) is 0 Å². The van der Waals surface area contributed by atoms with Crippen LogP contribution in [0.5, 0.6) is 0 Å².